The number of aromatic nitrogens is 1. The summed E-state index contributed by atoms with van der Waals surface area (Å²) in [6, 6.07) is 9.66. The quantitative estimate of drug-likeness (QED) is 0.352. The van der Waals surface area contributed by atoms with E-state index in [2.05, 4.69) is 10.3 Å². The highest BCUT2D eigenvalue weighted by Gasteiger charge is 2.27. The fraction of sp³-hybridized carbons (Fsp3) is 0.261. The maximum absolute atomic E-state index is 12.9. The lowest BCUT2D eigenvalue weighted by atomic mass is 9.95. The number of ether oxygens (including phenoxy) is 1. The molecule has 0 radical (unpaired) electrons. The predicted octanol–water partition coefficient (Wildman–Crippen LogP) is 4.83. The van der Waals surface area contributed by atoms with Gasteiger partial charge in [-0.05, 0) is 50.3 Å². The van der Waals surface area contributed by atoms with Gasteiger partial charge in [0, 0.05) is 27.5 Å². The molecule has 0 saturated heterocycles. The van der Waals surface area contributed by atoms with Crippen molar-refractivity contribution >= 4 is 45.2 Å². The lowest BCUT2D eigenvalue weighted by molar-refractivity contribution is -0.112. The summed E-state index contributed by atoms with van der Waals surface area (Å²) < 4.78 is 5.23. The number of hydrogen-bond acceptors (Lipinski definition) is 5. The van der Waals surface area contributed by atoms with E-state index in [1.165, 1.54) is 11.3 Å². The summed E-state index contributed by atoms with van der Waals surface area (Å²) in [6.07, 6.45) is 7.08. The predicted molar refractivity (Wildman–Crippen MR) is 117 cm³/mol. The van der Waals surface area contributed by atoms with Crippen molar-refractivity contribution in [1.82, 2.24) is 4.98 Å². The van der Waals surface area contributed by atoms with Crippen LogP contribution < -0.4 is 5.32 Å². The molecule has 2 aromatic heterocycles. The molecule has 4 rings (SSSR count). The molecule has 3 aromatic rings. The van der Waals surface area contributed by atoms with Gasteiger partial charge >= 0.3 is 5.97 Å². The highest BCUT2D eigenvalue weighted by molar-refractivity contribution is 7.17. The number of aryl methyl sites for hydroxylation is 1. The van der Waals surface area contributed by atoms with Gasteiger partial charge in [0.25, 0.3) is 5.91 Å². The van der Waals surface area contributed by atoms with Crippen molar-refractivity contribution in [3.05, 3.63) is 57.6 Å². The van der Waals surface area contributed by atoms with Crippen LogP contribution in [0.1, 0.15) is 46.1 Å². The Hall–Kier alpha value is -3.37. The molecular formula is C23H21N3O3S. The summed E-state index contributed by atoms with van der Waals surface area (Å²) in [5.74, 6) is -0.960. The van der Waals surface area contributed by atoms with Gasteiger partial charge in [-0.25, -0.2) is 4.79 Å². The number of rotatable bonds is 5. The summed E-state index contributed by atoms with van der Waals surface area (Å²) in [5.41, 5.74) is 3.07. The highest BCUT2D eigenvalue weighted by atomic mass is 32.1. The van der Waals surface area contributed by atoms with Crippen molar-refractivity contribution < 1.29 is 14.3 Å². The Morgan fingerprint density at radius 1 is 1.30 bits per heavy atom. The molecular weight excluding hydrogens is 398 g/mol. The Morgan fingerprint density at radius 2 is 2.10 bits per heavy atom. The first-order valence-corrected chi connectivity index (χ1v) is 10.7. The molecule has 0 saturated carbocycles. The number of amides is 1. The van der Waals surface area contributed by atoms with Crippen LogP contribution in [0.5, 0.6) is 0 Å². The molecule has 0 aliphatic heterocycles. The number of fused-ring (bicyclic) bond motifs is 2. The van der Waals surface area contributed by atoms with Crippen molar-refractivity contribution in [2.45, 2.75) is 32.6 Å². The first-order valence-electron chi connectivity index (χ1n) is 9.93. The molecule has 30 heavy (non-hydrogen) atoms. The molecule has 1 aliphatic carbocycles. The monoisotopic (exact) mass is 419 g/mol. The van der Waals surface area contributed by atoms with E-state index in [9.17, 15) is 14.9 Å². The minimum Gasteiger partial charge on any atom is -0.462 e. The number of hydrogen-bond donors (Lipinski definition) is 2. The van der Waals surface area contributed by atoms with Gasteiger partial charge in [0.1, 0.15) is 16.6 Å². The molecule has 0 fully saturated rings. The van der Waals surface area contributed by atoms with Crippen LogP contribution in [0.3, 0.4) is 0 Å². The van der Waals surface area contributed by atoms with E-state index in [-0.39, 0.29) is 12.2 Å². The van der Waals surface area contributed by atoms with Crippen molar-refractivity contribution in [2.24, 2.45) is 0 Å². The lowest BCUT2D eigenvalue weighted by Gasteiger charge is -2.12. The van der Waals surface area contributed by atoms with E-state index in [0.717, 1.165) is 52.6 Å². The Balaban J connectivity index is 1.66. The maximum atomic E-state index is 12.9. The molecule has 7 heteroatoms. The Kier molecular flexibility index (Phi) is 5.68. The van der Waals surface area contributed by atoms with Crippen molar-refractivity contribution in [3.8, 4) is 6.07 Å². The normalized spacial score (nSPS) is 13.5. The average Bonchev–Trinajstić information content (AvgIpc) is 3.33. The number of para-hydroxylation sites is 1. The average molecular weight is 420 g/mol. The van der Waals surface area contributed by atoms with E-state index in [1.54, 1.807) is 19.2 Å². The second-order valence-corrected chi connectivity index (χ2v) is 8.15. The molecule has 6 nitrogen and oxygen atoms in total. The minimum atomic E-state index is -0.535. The van der Waals surface area contributed by atoms with Gasteiger partial charge in [0.05, 0.1) is 12.2 Å². The molecule has 1 amide bonds. The van der Waals surface area contributed by atoms with E-state index < -0.39 is 11.9 Å². The molecule has 0 spiro atoms. The van der Waals surface area contributed by atoms with Gasteiger partial charge in [-0.15, -0.1) is 11.3 Å². The standard InChI is InChI=1S/C23H21N3O3S/c1-2-29-23(28)20-17-8-4-6-10-19(17)30-22(20)26-21(27)14(12-24)11-15-13-25-18-9-5-3-7-16(15)18/h3,5,7,9,11,13,25H,2,4,6,8,10H2,1H3,(H,26,27)/b14-11+. The number of anilines is 1. The molecule has 1 aliphatic rings. The van der Waals surface area contributed by atoms with Gasteiger partial charge in [-0.1, -0.05) is 18.2 Å². The van der Waals surface area contributed by atoms with Crippen LogP contribution in [-0.4, -0.2) is 23.5 Å². The van der Waals surface area contributed by atoms with Crippen molar-refractivity contribution in [2.75, 3.05) is 11.9 Å². The fourth-order valence-electron chi connectivity index (χ4n) is 3.76. The van der Waals surface area contributed by atoms with E-state index in [0.29, 0.717) is 10.6 Å². The van der Waals surface area contributed by atoms with E-state index in [1.807, 2.05) is 30.3 Å². The van der Waals surface area contributed by atoms with Crippen LogP contribution in [-0.2, 0) is 22.4 Å². The molecule has 0 atom stereocenters. The molecule has 1 aromatic carbocycles. The van der Waals surface area contributed by atoms with Gasteiger partial charge in [0.2, 0.25) is 0 Å². The number of carbonyl (C=O) groups is 2. The second-order valence-electron chi connectivity index (χ2n) is 7.05. The largest absolute Gasteiger partial charge is 0.462 e. The lowest BCUT2D eigenvalue weighted by Crippen LogP contribution is -2.16. The Morgan fingerprint density at radius 3 is 2.90 bits per heavy atom. The number of benzene rings is 1. The van der Waals surface area contributed by atoms with Crippen LogP contribution >= 0.6 is 11.3 Å². The van der Waals surface area contributed by atoms with E-state index >= 15 is 0 Å². The zero-order chi connectivity index (χ0) is 21.1. The van der Waals surface area contributed by atoms with Gasteiger partial charge in [0.15, 0.2) is 0 Å². The van der Waals surface area contributed by atoms with Crippen molar-refractivity contribution in [3.63, 3.8) is 0 Å². The summed E-state index contributed by atoms with van der Waals surface area (Å²) in [5, 5.41) is 13.8. The van der Waals surface area contributed by atoms with Crippen LogP contribution in [0.25, 0.3) is 17.0 Å². The third kappa shape index (κ3) is 3.74. The molecule has 2 N–H and O–H groups in total. The molecule has 2 heterocycles. The zero-order valence-electron chi connectivity index (χ0n) is 16.6. The molecule has 0 unspecified atom stereocenters. The van der Waals surface area contributed by atoms with Crippen LogP contribution in [0.15, 0.2) is 36.0 Å². The van der Waals surface area contributed by atoms with Crippen LogP contribution in [0.2, 0.25) is 0 Å². The van der Waals surface area contributed by atoms with Gasteiger partial charge in [-0.2, -0.15) is 5.26 Å². The van der Waals surface area contributed by atoms with Crippen molar-refractivity contribution in [1.29, 1.82) is 5.26 Å². The van der Waals surface area contributed by atoms with Crippen LogP contribution in [0, 0.1) is 11.3 Å². The Labute approximate surface area is 178 Å². The summed E-state index contributed by atoms with van der Waals surface area (Å²) in [7, 11) is 0. The summed E-state index contributed by atoms with van der Waals surface area (Å²) >= 11 is 1.41. The third-order valence-corrected chi connectivity index (χ3v) is 6.37. The fourth-order valence-corrected chi connectivity index (χ4v) is 5.03. The summed E-state index contributed by atoms with van der Waals surface area (Å²) in [4.78, 5) is 29.7. The molecule has 0 bridgehead atoms. The number of aromatic amines is 1. The minimum absolute atomic E-state index is 0.0269. The van der Waals surface area contributed by atoms with Gasteiger partial charge < -0.3 is 15.0 Å². The number of nitrogens with one attached hydrogen (secondary N) is 2. The first kappa shape index (κ1) is 19.9. The Bertz CT molecular complexity index is 1200. The van der Waals surface area contributed by atoms with E-state index in [4.69, 9.17) is 4.74 Å². The second kappa shape index (κ2) is 8.56. The number of H-pyrrole nitrogens is 1. The first-order chi connectivity index (χ1) is 14.6. The summed E-state index contributed by atoms with van der Waals surface area (Å²) in [6.45, 7) is 2.02. The SMILES string of the molecule is CCOC(=O)c1c(NC(=O)/C(C#N)=C/c2c[nH]c3ccccc23)sc2c1CCCC2. The number of carbonyl (C=O) groups excluding carboxylic acids is 2. The van der Waals surface area contributed by atoms with Gasteiger partial charge in [-0.3, -0.25) is 4.79 Å². The zero-order valence-corrected chi connectivity index (χ0v) is 17.4. The smallest absolute Gasteiger partial charge is 0.341 e. The third-order valence-electron chi connectivity index (χ3n) is 5.16. The number of nitriles is 1. The highest BCUT2D eigenvalue weighted by Crippen LogP contribution is 2.38. The number of nitrogens with zero attached hydrogens (tertiary/aromatic N) is 1. The number of esters is 1. The molecule has 152 valence electrons. The topological polar surface area (TPSA) is 95.0 Å². The van der Waals surface area contributed by atoms with Crippen LogP contribution in [0.4, 0.5) is 5.00 Å². The number of thiophene rings is 1. The maximum Gasteiger partial charge on any atom is 0.341 e.